The van der Waals surface area contributed by atoms with Crippen LogP contribution in [-0.2, 0) is 0 Å². The first kappa shape index (κ1) is 15.4. The van der Waals surface area contributed by atoms with E-state index in [1.807, 2.05) is 36.4 Å². The zero-order chi connectivity index (χ0) is 14.5. The van der Waals surface area contributed by atoms with Gasteiger partial charge in [0, 0.05) is 0 Å². The molecule has 20 heavy (non-hydrogen) atoms. The van der Waals surface area contributed by atoms with Crippen molar-refractivity contribution < 1.29 is 0 Å². The molecule has 0 aliphatic carbocycles. The molecule has 86 valence electrons. The van der Waals surface area contributed by atoms with E-state index in [2.05, 4.69) is 20.1 Å². The fourth-order valence-corrected chi connectivity index (χ4v) is 3.59. The molecule has 0 spiro atoms. The van der Waals surface area contributed by atoms with Crippen molar-refractivity contribution in [2.75, 3.05) is 0 Å². The first-order valence-corrected chi connectivity index (χ1v) is 7.97. The molecule has 0 bridgehead atoms. The van der Waals surface area contributed by atoms with E-state index in [1.165, 1.54) is 5.63 Å². The summed E-state index contributed by atoms with van der Waals surface area (Å²) in [5, 5.41) is 7.24. The van der Waals surface area contributed by atoms with Gasteiger partial charge in [0.05, 0.1) is 0 Å². The Balaban J connectivity index is 2.51. The van der Waals surface area contributed by atoms with Crippen molar-refractivity contribution in [1.82, 2.24) is 0 Å². The van der Waals surface area contributed by atoms with E-state index in [1.54, 1.807) is 0 Å². The van der Waals surface area contributed by atoms with Crippen LogP contribution in [0.15, 0.2) is 46.6 Å². The van der Waals surface area contributed by atoms with Crippen molar-refractivity contribution in [1.29, 1.82) is 0 Å². The summed E-state index contributed by atoms with van der Waals surface area (Å²) in [6.07, 6.45) is 0. The monoisotopic (exact) mass is 280 g/mol. The van der Waals surface area contributed by atoms with Crippen LogP contribution in [0.2, 0.25) is 0 Å². The van der Waals surface area contributed by atoms with Crippen LogP contribution in [0.3, 0.4) is 0 Å². The van der Waals surface area contributed by atoms with E-state index in [0.717, 1.165) is 67.0 Å². The van der Waals surface area contributed by atoms with Crippen LogP contribution < -0.4 is 5.63 Å². The molecule has 0 heterocycles. The van der Waals surface area contributed by atoms with Crippen molar-refractivity contribution in [2.45, 2.75) is 0 Å². The van der Waals surface area contributed by atoms with Gasteiger partial charge in [-0.15, -0.1) is 0 Å². The van der Waals surface area contributed by atoms with Crippen molar-refractivity contribution in [3.05, 3.63) is 57.3 Å². The molecule has 0 saturated carbocycles. The summed E-state index contributed by atoms with van der Waals surface area (Å²) < 4.78 is 2.37. The zero-order valence-corrected chi connectivity index (χ0v) is 15.1. The maximum atomic E-state index is 8.46. The molecule has 2 rings (SSSR count). The van der Waals surface area contributed by atoms with E-state index in [0.29, 0.717) is 11.4 Å². The van der Waals surface area contributed by atoms with Gasteiger partial charge in [0.25, 0.3) is 0 Å². The molecule has 0 saturated heterocycles. The Morgan fingerprint density at radius 2 is 1.15 bits per heavy atom. The fraction of sp³-hybridized carbons (Fsp3) is 0. The molecule has 2 aromatic carbocycles. The minimum absolute atomic E-state index is 0.641. The quantitative estimate of drug-likeness (QED) is 0.357. The minimum atomic E-state index is 0.641. The van der Waals surface area contributed by atoms with Crippen LogP contribution in [0.25, 0.3) is 32.0 Å². The molecule has 0 aromatic heterocycles. The standard InChI is InChI=1S/C12H6N6.2Na/c13-17-15-11-5-1-9(2-6-11)10-3-7-12(8-4-10)16-18-14;;/h1,3,5-8H;;. The molecule has 0 unspecified atom stereocenters. The molecule has 6 nitrogen and oxygen atoms in total. The predicted octanol–water partition coefficient (Wildman–Crippen LogP) is 2.82. The second-order valence-electron chi connectivity index (χ2n) is 4.38. The number of rotatable bonds is 3. The zero-order valence-electron chi connectivity index (χ0n) is 11.1. The van der Waals surface area contributed by atoms with Crippen LogP contribution in [-0.4, -0.2) is 55.9 Å². The van der Waals surface area contributed by atoms with Gasteiger partial charge in [-0.05, 0) is 0 Å². The number of hydrogen-bond donors (Lipinski definition) is 0. The summed E-state index contributed by atoms with van der Waals surface area (Å²) >= 11 is 1.73. The molecule has 0 aliphatic rings. The molecule has 0 atom stereocenters. The Morgan fingerprint density at radius 3 is 1.45 bits per heavy atom. The molecule has 2 aromatic rings. The van der Waals surface area contributed by atoms with Crippen molar-refractivity contribution >= 4 is 72.9 Å². The summed E-state index contributed by atoms with van der Waals surface area (Å²) in [4.78, 5) is 5.60. The Hall–Kier alpha value is -0.940. The molecule has 0 amide bonds. The average molecular weight is 280 g/mol. The van der Waals surface area contributed by atoms with E-state index < -0.39 is 0 Å². The van der Waals surface area contributed by atoms with Gasteiger partial charge in [-0.25, -0.2) is 0 Å². The van der Waals surface area contributed by atoms with Crippen LogP contribution >= 0.6 is 0 Å². The van der Waals surface area contributed by atoms with Crippen LogP contribution in [0.4, 0.5) is 11.4 Å². The van der Waals surface area contributed by atoms with E-state index in [4.69, 9.17) is 11.1 Å². The van der Waals surface area contributed by atoms with Gasteiger partial charge in [-0.3, -0.25) is 0 Å². The summed E-state index contributed by atoms with van der Waals surface area (Å²) in [5.41, 5.74) is 20.5. The molecule has 8 heteroatoms. The second-order valence-corrected chi connectivity index (χ2v) is 6.53. The third-order valence-electron chi connectivity index (χ3n) is 3.03. The Bertz CT molecular complexity index is 695. The summed E-state index contributed by atoms with van der Waals surface area (Å²) in [7, 11) is 0. The summed E-state index contributed by atoms with van der Waals surface area (Å²) in [5.74, 6) is 0. The van der Waals surface area contributed by atoms with Crippen molar-refractivity contribution in [3.63, 3.8) is 0 Å². The topological polar surface area (TPSA) is 97.5 Å². The molecule has 0 radical (unpaired) electrons. The number of benzene rings is 2. The van der Waals surface area contributed by atoms with Gasteiger partial charge in [0.15, 0.2) is 0 Å². The average Bonchev–Trinajstić information content (AvgIpc) is 2.41. The van der Waals surface area contributed by atoms with E-state index in [9.17, 15) is 0 Å². The Labute approximate surface area is 150 Å². The van der Waals surface area contributed by atoms with Gasteiger partial charge in [0.1, 0.15) is 0 Å². The Morgan fingerprint density at radius 1 is 0.750 bits per heavy atom. The van der Waals surface area contributed by atoms with Crippen molar-refractivity contribution in [3.8, 4) is 11.1 Å². The summed E-state index contributed by atoms with van der Waals surface area (Å²) in [6.45, 7) is 0. The summed E-state index contributed by atoms with van der Waals surface area (Å²) in [6, 6.07) is 11.4. The molecule has 0 N–H and O–H groups in total. The maximum absolute atomic E-state index is 8.46. The first-order chi connectivity index (χ1) is 9.65. The van der Waals surface area contributed by atoms with Crippen LogP contribution in [0.1, 0.15) is 0 Å². The van der Waals surface area contributed by atoms with Crippen LogP contribution in [0.5, 0.6) is 0 Å². The van der Waals surface area contributed by atoms with Gasteiger partial charge >= 0.3 is 152 Å². The van der Waals surface area contributed by atoms with Crippen LogP contribution in [0, 0.1) is 0 Å². The molecular formula is C12H6N6Na2. The van der Waals surface area contributed by atoms with Gasteiger partial charge in [-0.1, -0.05) is 0 Å². The molecule has 0 aliphatic heterocycles. The number of nitrogens with zero attached hydrogens (tertiary/aromatic N) is 6. The number of hydrogen-bond acceptors (Lipinski definition) is 2. The number of azide groups is 2. The predicted molar refractivity (Wildman–Crippen MR) is 80.3 cm³/mol. The van der Waals surface area contributed by atoms with E-state index in [-0.39, 0.29) is 0 Å². The second kappa shape index (κ2) is 7.18. The van der Waals surface area contributed by atoms with Gasteiger partial charge in [-0.2, -0.15) is 0 Å². The molecular weight excluding hydrogens is 274 g/mol. The van der Waals surface area contributed by atoms with Crippen molar-refractivity contribution in [2.24, 2.45) is 10.2 Å². The third kappa shape index (κ3) is 3.58. The fourth-order valence-electron chi connectivity index (χ4n) is 2.13. The third-order valence-corrected chi connectivity index (χ3v) is 4.69. The SMILES string of the molecule is [N-]=[N+]=Nc1ccc(-c2ccc(N=[N+]=[N-])c[c]2[Na])[c]([Na])c1. The molecule has 0 fully saturated rings. The van der Waals surface area contributed by atoms with E-state index >= 15 is 0 Å². The van der Waals surface area contributed by atoms with Gasteiger partial charge in [0.2, 0.25) is 0 Å². The normalized spacial score (nSPS) is 9.60. The van der Waals surface area contributed by atoms with Gasteiger partial charge < -0.3 is 0 Å². The first-order valence-electron chi connectivity index (χ1n) is 5.97. The Kier molecular flexibility index (Phi) is 5.54.